The number of nitrogens with two attached hydrogens (primary N) is 1. The van der Waals surface area contributed by atoms with Crippen LogP contribution in [-0.2, 0) is 9.59 Å². The van der Waals surface area contributed by atoms with Crippen LogP contribution in [-0.4, -0.2) is 41.9 Å². The molecule has 5 nitrogen and oxygen atoms in total. The van der Waals surface area contributed by atoms with Crippen LogP contribution < -0.4 is 11.1 Å². The highest BCUT2D eigenvalue weighted by atomic mass is 16.2. The van der Waals surface area contributed by atoms with E-state index in [1.54, 1.807) is 11.8 Å². The Kier molecular flexibility index (Phi) is 7.59. The van der Waals surface area contributed by atoms with Crippen LogP contribution in [0, 0.1) is 5.92 Å². The highest BCUT2D eigenvalue weighted by Crippen LogP contribution is 2.05. The lowest BCUT2D eigenvalue weighted by Crippen LogP contribution is -2.52. The second-order valence-electron chi connectivity index (χ2n) is 4.65. The number of amides is 2. The first-order valence-electron chi connectivity index (χ1n) is 6.73. The minimum Gasteiger partial charge on any atom is -0.343 e. The topological polar surface area (TPSA) is 75.4 Å². The predicted molar refractivity (Wildman–Crippen MR) is 73.0 cm³/mol. The average molecular weight is 257 g/mol. The summed E-state index contributed by atoms with van der Waals surface area (Å²) < 4.78 is 0. The minimum absolute atomic E-state index is 0.0651. The van der Waals surface area contributed by atoms with Crippen molar-refractivity contribution < 1.29 is 9.59 Å². The Bertz CT molecular complexity index is 277. The van der Waals surface area contributed by atoms with E-state index < -0.39 is 12.1 Å². The Morgan fingerprint density at radius 3 is 2.06 bits per heavy atom. The summed E-state index contributed by atoms with van der Waals surface area (Å²) in [6.45, 7) is 10.7. The SMILES string of the molecule is CCC(C)C(N)C(=O)NC(C)C(=O)N(CC)CC. The second-order valence-corrected chi connectivity index (χ2v) is 4.65. The molecule has 5 heteroatoms. The van der Waals surface area contributed by atoms with Gasteiger partial charge in [0.25, 0.3) is 0 Å². The third-order valence-electron chi connectivity index (χ3n) is 3.36. The molecule has 0 spiro atoms. The third-order valence-corrected chi connectivity index (χ3v) is 3.36. The van der Waals surface area contributed by atoms with Crippen LogP contribution in [0.1, 0.15) is 41.0 Å². The highest BCUT2D eigenvalue weighted by molar-refractivity contribution is 5.89. The highest BCUT2D eigenvalue weighted by Gasteiger charge is 2.24. The monoisotopic (exact) mass is 257 g/mol. The average Bonchev–Trinajstić information content (AvgIpc) is 2.37. The number of rotatable bonds is 7. The van der Waals surface area contributed by atoms with Crippen molar-refractivity contribution in [3.05, 3.63) is 0 Å². The maximum atomic E-state index is 12.0. The number of carbonyl (C=O) groups excluding carboxylic acids is 2. The summed E-state index contributed by atoms with van der Waals surface area (Å²) in [4.78, 5) is 25.5. The van der Waals surface area contributed by atoms with Crippen molar-refractivity contribution in [1.29, 1.82) is 0 Å². The summed E-state index contributed by atoms with van der Waals surface area (Å²) in [6.07, 6.45) is 0.840. The second kappa shape index (κ2) is 8.08. The quantitative estimate of drug-likeness (QED) is 0.706. The van der Waals surface area contributed by atoms with E-state index >= 15 is 0 Å². The van der Waals surface area contributed by atoms with E-state index in [1.165, 1.54) is 0 Å². The largest absolute Gasteiger partial charge is 0.343 e. The Morgan fingerprint density at radius 1 is 1.17 bits per heavy atom. The van der Waals surface area contributed by atoms with Gasteiger partial charge < -0.3 is 16.0 Å². The fourth-order valence-corrected chi connectivity index (χ4v) is 1.69. The smallest absolute Gasteiger partial charge is 0.244 e. The summed E-state index contributed by atoms with van der Waals surface area (Å²) >= 11 is 0. The van der Waals surface area contributed by atoms with Crippen molar-refractivity contribution in [2.75, 3.05) is 13.1 Å². The predicted octanol–water partition coefficient (Wildman–Crippen LogP) is 0.733. The molecule has 0 aliphatic rings. The maximum absolute atomic E-state index is 12.0. The molecule has 0 heterocycles. The van der Waals surface area contributed by atoms with Gasteiger partial charge in [-0.2, -0.15) is 0 Å². The molecule has 0 fully saturated rings. The zero-order chi connectivity index (χ0) is 14.3. The van der Waals surface area contributed by atoms with Crippen LogP contribution in [0.5, 0.6) is 0 Å². The molecule has 0 radical (unpaired) electrons. The van der Waals surface area contributed by atoms with Gasteiger partial charge in [-0.3, -0.25) is 9.59 Å². The minimum atomic E-state index is -0.554. The lowest BCUT2D eigenvalue weighted by Gasteiger charge is -2.25. The van der Waals surface area contributed by atoms with Crippen LogP contribution in [0.2, 0.25) is 0 Å². The van der Waals surface area contributed by atoms with Gasteiger partial charge >= 0.3 is 0 Å². The van der Waals surface area contributed by atoms with Gasteiger partial charge in [0.15, 0.2) is 0 Å². The molecule has 106 valence electrons. The van der Waals surface area contributed by atoms with E-state index in [0.717, 1.165) is 6.42 Å². The lowest BCUT2D eigenvalue weighted by molar-refractivity contribution is -0.136. The van der Waals surface area contributed by atoms with Crippen LogP contribution in [0.4, 0.5) is 0 Å². The molecule has 0 aliphatic heterocycles. The van der Waals surface area contributed by atoms with Crippen molar-refractivity contribution >= 4 is 11.8 Å². The van der Waals surface area contributed by atoms with Crippen molar-refractivity contribution in [3.63, 3.8) is 0 Å². The fraction of sp³-hybridized carbons (Fsp3) is 0.846. The third kappa shape index (κ3) is 4.64. The van der Waals surface area contributed by atoms with E-state index in [0.29, 0.717) is 13.1 Å². The summed E-state index contributed by atoms with van der Waals surface area (Å²) in [6, 6.07) is -1.07. The molecule has 18 heavy (non-hydrogen) atoms. The summed E-state index contributed by atoms with van der Waals surface area (Å²) in [5.74, 6) is -0.206. The Balaban J connectivity index is 4.43. The van der Waals surface area contributed by atoms with Gasteiger partial charge in [0.2, 0.25) is 11.8 Å². The molecule has 0 aromatic rings. The Morgan fingerprint density at radius 2 is 1.67 bits per heavy atom. The van der Waals surface area contributed by atoms with E-state index in [1.807, 2.05) is 27.7 Å². The van der Waals surface area contributed by atoms with Gasteiger partial charge in [-0.1, -0.05) is 20.3 Å². The molecule has 0 saturated heterocycles. The summed E-state index contributed by atoms with van der Waals surface area (Å²) in [5.41, 5.74) is 5.82. The molecule has 0 saturated carbocycles. The zero-order valence-corrected chi connectivity index (χ0v) is 12.2. The van der Waals surface area contributed by atoms with E-state index in [4.69, 9.17) is 5.73 Å². The first-order chi connectivity index (χ1) is 8.38. The summed E-state index contributed by atoms with van der Waals surface area (Å²) in [5, 5.41) is 2.69. The maximum Gasteiger partial charge on any atom is 0.244 e. The standard InChI is InChI=1S/C13H27N3O2/c1-6-9(4)11(14)12(17)15-10(5)13(18)16(7-2)8-3/h9-11H,6-8,14H2,1-5H3,(H,15,17). The van der Waals surface area contributed by atoms with Gasteiger partial charge in [-0.05, 0) is 26.7 Å². The lowest BCUT2D eigenvalue weighted by atomic mass is 9.99. The van der Waals surface area contributed by atoms with Crippen molar-refractivity contribution in [1.82, 2.24) is 10.2 Å². The molecular weight excluding hydrogens is 230 g/mol. The van der Waals surface area contributed by atoms with E-state index in [9.17, 15) is 9.59 Å². The number of hydrogen-bond acceptors (Lipinski definition) is 3. The molecule has 0 rings (SSSR count). The van der Waals surface area contributed by atoms with Crippen LogP contribution in [0.3, 0.4) is 0 Å². The van der Waals surface area contributed by atoms with Crippen LogP contribution in [0.25, 0.3) is 0 Å². The molecule has 0 aliphatic carbocycles. The zero-order valence-electron chi connectivity index (χ0n) is 12.2. The molecule has 0 aromatic carbocycles. The molecule has 2 amide bonds. The van der Waals surface area contributed by atoms with Gasteiger partial charge in [-0.15, -0.1) is 0 Å². The fourth-order valence-electron chi connectivity index (χ4n) is 1.69. The van der Waals surface area contributed by atoms with E-state index in [2.05, 4.69) is 5.32 Å². The Hall–Kier alpha value is -1.10. The van der Waals surface area contributed by atoms with Crippen molar-refractivity contribution in [3.8, 4) is 0 Å². The number of likely N-dealkylation sites (N-methyl/N-ethyl adjacent to an activating group) is 1. The van der Waals surface area contributed by atoms with Gasteiger partial charge in [0, 0.05) is 13.1 Å². The molecule has 3 atom stereocenters. The van der Waals surface area contributed by atoms with Crippen molar-refractivity contribution in [2.45, 2.75) is 53.1 Å². The number of carbonyl (C=O) groups is 2. The van der Waals surface area contributed by atoms with E-state index in [-0.39, 0.29) is 17.7 Å². The normalized spacial score (nSPS) is 15.7. The first kappa shape index (κ1) is 16.9. The first-order valence-corrected chi connectivity index (χ1v) is 6.73. The van der Waals surface area contributed by atoms with Crippen molar-refractivity contribution in [2.24, 2.45) is 11.7 Å². The molecule has 3 unspecified atom stereocenters. The number of hydrogen-bond donors (Lipinski definition) is 2. The molecule has 3 N–H and O–H groups in total. The number of nitrogens with zero attached hydrogens (tertiary/aromatic N) is 1. The Labute approximate surface area is 110 Å². The van der Waals surface area contributed by atoms with Gasteiger partial charge in [0.1, 0.15) is 6.04 Å². The van der Waals surface area contributed by atoms with Gasteiger partial charge in [-0.25, -0.2) is 0 Å². The summed E-state index contributed by atoms with van der Waals surface area (Å²) in [7, 11) is 0. The molecular formula is C13H27N3O2. The van der Waals surface area contributed by atoms with Crippen LogP contribution >= 0.6 is 0 Å². The number of nitrogens with one attached hydrogen (secondary N) is 1. The molecule has 0 aromatic heterocycles. The van der Waals surface area contributed by atoms with Gasteiger partial charge in [0.05, 0.1) is 6.04 Å². The van der Waals surface area contributed by atoms with Crippen LogP contribution in [0.15, 0.2) is 0 Å². The molecule has 0 bridgehead atoms.